The van der Waals surface area contributed by atoms with Gasteiger partial charge in [-0.1, -0.05) is 42.5 Å². The van der Waals surface area contributed by atoms with Crippen molar-refractivity contribution < 1.29 is 29.0 Å². The van der Waals surface area contributed by atoms with E-state index in [-0.39, 0.29) is 33.8 Å². The summed E-state index contributed by atoms with van der Waals surface area (Å²) in [6.45, 7) is 0. The van der Waals surface area contributed by atoms with Crippen molar-refractivity contribution in [1.29, 1.82) is 0 Å². The van der Waals surface area contributed by atoms with E-state index in [2.05, 4.69) is 4.84 Å². The number of aromatic hydroxyl groups is 1. The molecule has 3 N–H and O–H groups in total. The summed E-state index contributed by atoms with van der Waals surface area (Å²) in [6.07, 6.45) is -1.16. The van der Waals surface area contributed by atoms with Crippen molar-refractivity contribution in [2.24, 2.45) is 5.73 Å². The third-order valence-electron chi connectivity index (χ3n) is 4.52. The van der Waals surface area contributed by atoms with E-state index < -0.39 is 22.4 Å². The first-order chi connectivity index (χ1) is 15.3. The zero-order valence-electron chi connectivity index (χ0n) is 16.2. The lowest BCUT2D eigenvalue weighted by molar-refractivity contribution is -0.710. The van der Waals surface area contributed by atoms with Gasteiger partial charge in [-0.2, -0.15) is 0 Å². The van der Waals surface area contributed by atoms with E-state index in [1.165, 1.54) is 30.3 Å². The number of nitrogens with zero attached hydrogens (tertiary/aromatic N) is 1. The van der Waals surface area contributed by atoms with Crippen molar-refractivity contribution in [3.05, 3.63) is 87.1 Å². The maximum atomic E-state index is 13.6. The van der Waals surface area contributed by atoms with Crippen LogP contribution in [0.2, 0.25) is 0 Å². The van der Waals surface area contributed by atoms with Gasteiger partial charge in [-0.25, -0.2) is 4.79 Å². The number of primary amides is 1. The molecule has 4 rings (SSSR count). The standard InChI is InChI=1S/C22H14N2O8/c23-22(27)30-15-10-16-19(17(11-15)32-24(28)29)20(26)18(12-6-8-14(25)9-7-12)21(31-16)13-4-2-1-3-5-13/h1-11,25H,(H2,23,27). The summed E-state index contributed by atoms with van der Waals surface area (Å²) in [6, 6.07) is 16.7. The number of fused-ring (bicyclic) bond motifs is 1. The molecule has 1 amide bonds. The highest BCUT2D eigenvalue weighted by Crippen LogP contribution is 2.37. The van der Waals surface area contributed by atoms with E-state index in [0.717, 1.165) is 6.07 Å². The second-order valence-corrected chi connectivity index (χ2v) is 6.58. The molecule has 0 aliphatic carbocycles. The van der Waals surface area contributed by atoms with Gasteiger partial charge in [0.25, 0.3) is 5.09 Å². The van der Waals surface area contributed by atoms with E-state index in [4.69, 9.17) is 14.9 Å². The molecule has 0 aliphatic heterocycles. The van der Waals surface area contributed by atoms with Gasteiger partial charge < -0.3 is 20.0 Å². The van der Waals surface area contributed by atoms with Crippen molar-refractivity contribution in [2.75, 3.05) is 0 Å². The number of phenolic OH excluding ortho intramolecular Hbond substituents is 1. The molecule has 0 saturated carbocycles. The van der Waals surface area contributed by atoms with Gasteiger partial charge in [0.05, 0.1) is 10.9 Å². The number of rotatable bonds is 5. The van der Waals surface area contributed by atoms with Gasteiger partial charge in [0, 0.05) is 17.7 Å². The Hall–Kier alpha value is -4.86. The lowest BCUT2D eigenvalue weighted by Crippen LogP contribution is -2.17. The van der Waals surface area contributed by atoms with Crippen LogP contribution in [0.3, 0.4) is 0 Å². The molecule has 1 heterocycles. The van der Waals surface area contributed by atoms with E-state index in [1.54, 1.807) is 30.3 Å². The number of phenols is 1. The molecular weight excluding hydrogens is 420 g/mol. The van der Waals surface area contributed by atoms with Crippen molar-refractivity contribution in [1.82, 2.24) is 0 Å². The topological polar surface area (TPSA) is 155 Å². The Morgan fingerprint density at radius 3 is 2.34 bits per heavy atom. The number of carbonyl (C=O) groups excluding carboxylic acids is 1. The van der Waals surface area contributed by atoms with Crippen LogP contribution in [0.25, 0.3) is 33.4 Å². The molecule has 0 bridgehead atoms. The number of nitrogens with two attached hydrogens (primary N) is 1. The fourth-order valence-corrected chi connectivity index (χ4v) is 3.27. The summed E-state index contributed by atoms with van der Waals surface area (Å²) in [7, 11) is 0. The summed E-state index contributed by atoms with van der Waals surface area (Å²) in [5.41, 5.74) is 5.34. The molecule has 10 nitrogen and oxygen atoms in total. The molecule has 160 valence electrons. The smallest absolute Gasteiger partial charge is 0.409 e. The summed E-state index contributed by atoms with van der Waals surface area (Å²) < 4.78 is 10.8. The molecule has 1 aromatic heterocycles. The predicted octanol–water partition coefficient (Wildman–Crippen LogP) is 3.86. The first kappa shape index (κ1) is 20.4. The van der Waals surface area contributed by atoms with Crippen molar-refractivity contribution in [3.8, 4) is 39.7 Å². The minimum atomic E-state index is -1.16. The summed E-state index contributed by atoms with van der Waals surface area (Å²) >= 11 is 0. The molecular formula is C22H14N2O8. The molecule has 10 heteroatoms. The fourth-order valence-electron chi connectivity index (χ4n) is 3.27. The lowest BCUT2D eigenvalue weighted by atomic mass is 9.98. The van der Waals surface area contributed by atoms with Gasteiger partial charge in [0.2, 0.25) is 5.43 Å². The monoisotopic (exact) mass is 434 g/mol. The minimum absolute atomic E-state index is 0.00851. The maximum Gasteiger partial charge on any atom is 0.409 e. The first-order valence-electron chi connectivity index (χ1n) is 9.13. The number of ether oxygens (including phenoxy) is 1. The molecule has 0 radical (unpaired) electrons. The van der Waals surface area contributed by atoms with Crippen LogP contribution in [0.5, 0.6) is 17.2 Å². The Kier molecular flexibility index (Phi) is 5.17. The molecule has 4 aromatic rings. The fraction of sp³-hybridized carbons (Fsp3) is 0. The predicted molar refractivity (Wildman–Crippen MR) is 113 cm³/mol. The highest BCUT2D eigenvalue weighted by molar-refractivity contribution is 5.93. The Morgan fingerprint density at radius 1 is 1.03 bits per heavy atom. The van der Waals surface area contributed by atoms with Crippen LogP contribution < -0.4 is 20.7 Å². The molecule has 32 heavy (non-hydrogen) atoms. The van der Waals surface area contributed by atoms with Crippen LogP contribution in [-0.4, -0.2) is 16.3 Å². The number of carbonyl (C=O) groups is 1. The lowest BCUT2D eigenvalue weighted by Gasteiger charge is -2.13. The summed E-state index contributed by atoms with van der Waals surface area (Å²) in [5.74, 6) is -0.540. The van der Waals surface area contributed by atoms with Crippen LogP contribution in [0.15, 0.2) is 75.9 Å². The normalized spacial score (nSPS) is 10.6. The average molecular weight is 434 g/mol. The van der Waals surface area contributed by atoms with Crippen molar-refractivity contribution in [3.63, 3.8) is 0 Å². The molecule has 0 aliphatic rings. The van der Waals surface area contributed by atoms with Gasteiger partial charge in [-0.3, -0.25) is 9.63 Å². The second kappa shape index (κ2) is 8.11. The van der Waals surface area contributed by atoms with Crippen LogP contribution in [-0.2, 0) is 0 Å². The van der Waals surface area contributed by atoms with Crippen LogP contribution in [0.4, 0.5) is 4.79 Å². The number of hydrogen-bond acceptors (Lipinski definition) is 8. The van der Waals surface area contributed by atoms with Crippen molar-refractivity contribution >= 4 is 17.1 Å². The number of amides is 1. The largest absolute Gasteiger partial charge is 0.508 e. The Morgan fingerprint density at radius 2 is 1.72 bits per heavy atom. The Balaban J connectivity index is 2.11. The minimum Gasteiger partial charge on any atom is -0.508 e. The van der Waals surface area contributed by atoms with Gasteiger partial charge in [-0.05, 0) is 17.7 Å². The highest BCUT2D eigenvalue weighted by atomic mass is 17.0. The molecule has 0 spiro atoms. The molecule has 0 atom stereocenters. The van der Waals surface area contributed by atoms with Crippen molar-refractivity contribution in [2.45, 2.75) is 0 Å². The third-order valence-corrected chi connectivity index (χ3v) is 4.52. The van der Waals surface area contributed by atoms with Crippen LogP contribution in [0, 0.1) is 10.1 Å². The SMILES string of the molecule is NC(=O)Oc1cc(O[N+](=O)[O-])c2c(=O)c(-c3ccc(O)cc3)c(-c3ccccc3)oc2c1. The number of hydrogen-bond donors (Lipinski definition) is 2. The first-order valence-corrected chi connectivity index (χ1v) is 9.13. The Bertz CT molecular complexity index is 1400. The third kappa shape index (κ3) is 3.92. The molecule has 0 saturated heterocycles. The van der Waals surface area contributed by atoms with E-state index in [1.807, 2.05) is 0 Å². The zero-order chi connectivity index (χ0) is 22.8. The van der Waals surface area contributed by atoms with Gasteiger partial charge in [0.15, 0.2) is 0 Å². The highest BCUT2D eigenvalue weighted by Gasteiger charge is 2.22. The Labute approximate surface area is 179 Å². The summed E-state index contributed by atoms with van der Waals surface area (Å²) in [4.78, 5) is 40.4. The van der Waals surface area contributed by atoms with Crippen LogP contribution in [0.1, 0.15) is 0 Å². The number of benzene rings is 3. The van der Waals surface area contributed by atoms with Gasteiger partial charge >= 0.3 is 6.09 Å². The zero-order valence-corrected chi connectivity index (χ0v) is 16.2. The second-order valence-electron chi connectivity index (χ2n) is 6.58. The quantitative estimate of drug-likeness (QED) is 0.354. The summed E-state index contributed by atoms with van der Waals surface area (Å²) in [5, 5.41) is 19.3. The molecule has 0 unspecified atom stereocenters. The van der Waals surface area contributed by atoms with E-state index in [9.17, 15) is 24.8 Å². The molecule has 3 aromatic carbocycles. The van der Waals surface area contributed by atoms with E-state index >= 15 is 0 Å². The van der Waals surface area contributed by atoms with Gasteiger partial charge in [0.1, 0.15) is 28.6 Å². The van der Waals surface area contributed by atoms with Crippen LogP contribution >= 0.6 is 0 Å². The average Bonchev–Trinajstić information content (AvgIpc) is 2.74. The maximum absolute atomic E-state index is 13.6. The molecule has 0 fully saturated rings. The van der Waals surface area contributed by atoms with Gasteiger partial charge in [-0.15, -0.1) is 10.1 Å². The van der Waals surface area contributed by atoms with E-state index in [0.29, 0.717) is 11.1 Å².